The van der Waals surface area contributed by atoms with Crippen molar-refractivity contribution >= 4 is 34.8 Å². The van der Waals surface area contributed by atoms with Gasteiger partial charge in [0.25, 0.3) is 5.91 Å². The Hall–Kier alpha value is -2.93. The highest BCUT2D eigenvalue weighted by Crippen LogP contribution is 2.34. The van der Waals surface area contributed by atoms with Gasteiger partial charge in [0.1, 0.15) is 11.5 Å². The number of hydrogen-bond donors (Lipinski definition) is 1. The molecule has 2 aliphatic heterocycles. The summed E-state index contributed by atoms with van der Waals surface area (Å²) in [5.74, 6) is 0.939. The topological polar surface area (TPSA) is 71.1 Å². The number of amides is 2. The number of ether oxygens (including phenoxy) is 2. The Labute approximate surface area is 186 Å². The summed E-state index contributed by atoms with van der Waals surface area (Å²) in [6.45, 7) is 1.94. The molecule has 1 atom stereocenters. The van der Waals surface area contributed by atoms with Crippen LogP contribution >= 0.6 is 11.6 Å². The summed E-state index contributed by atoms with van der Waals surface area (Å²) in [5, 5.41) is 3.28. The quantitative estimate of drug-likeness (QED) is 0.765. The third-order valence-electron chi connectivity index (χ3n) is 5.57. The largest absolute Gasteiger partial charge is 0.495 e. The molecule has 1 saturated heterocycles. The molecule has 8 heteroatoms. The maximum Gasteiger partial charge on any atom is 0.265 e. The molecular formula is C23H26ClN3O4. The van der Waals surface area contributed by atoms with E-state index in [0.29, 0.717) is 28.8 Å². The van der Waals surface area contributed by atoms with Crippen molar-refractivity contribution in [3.05, 3.63) is 47.5 Å². The molecule has 1 N–H and O–H groups in total. The van der Waals surface area contributed by atoms with Gasteiger partial charge in [0, 0.05) is 18.8 Å². The second-order valence-electron chi connectivity index (χ2n) is 7.74. The van der Waals surface area contributed by atoms with Gasteiger partial charge in [0.2, 0.25) is 5.91 Å². The Morgan fingerprint density at radius 1 is 1.16 bits per heavy atom. The van der Waals surface area contributed by atoms with Crippen molar-refractivity contribution in [1.82, 2.24) is 4.90 Å². The third-order valence-corrected chi connectivity index (χ3v) is 5.87. The average molecular weight is 444 g/mol. The van der Waals surface area contributed by atoms with Gasteiger partial charge in [-0.1, -0.05) is 23.7 Å². The number of nitrogens with zero attached hydrogens (tertiary/aromatic N) is 2. The van der Waals surface area contributed by atoms with Gasteiger partial charge in [-0.2, -0.15) is 0 Å². The van der Waals surface area contributed by atoms with Crippen LogP contribution in [-0.4, -0.2) is 56.1 Å². The lowest BCUT2D eigenvalue weighted by atomic mass is 10.1. The van der Waals surface area contributed by atoms with E-state index in [0.717, 1.165) is 38.0 Å². The maximum atomic E-state index is 13.0. The lowest BCUT2D eigenvalue weighted by molar-refractivity contribution is -0.139. The lowest BCUT2D eigenvalue weighted by Gasteiger charge is -2.38. The number of benzene rings is 2. The molecule has 2 aromatic carbocycles. The first-order valence-electron chi connectivity index (χ1n) is 10.5. The predicted octanol–water partition coefficient (Wildman–Crippen LogP) is 3.57. The molecule has 4 rings (SSSR count). The Morgan fingerprint density at radius 3 is 2.68 bits per heavy atom. The highest BCUT2D eigenvalue weighted by atomic mass is 35.5. The Kier molecular flexibility index (Phi) is 6.51. The standard InChI is InChI=1S/C23H26ClN3O4/c1-30-19-10-9-16(13-17(19)24)25-22(28)15-27-14-21(23(29)26-11-5-2-6-12-26)31-20-8-4-3-7-18(20)27/h3-4,7-10,13,21H,2,5-6,11-12,14-15H2,1H3,(H,25,28)/t21-/m1/s1. The number of piperidine rings is 1. The summed E-state index contributed by atoms with van der Waals surface area (Å²) in [6, 6.07) is 12.6. The van der Waals surface area contributed by atoms with Gasteiger partial charge in [-0.3, -0.25) is 9.59 Å². The van der Waals surface area contributed by atoms with Crippen molar-refractivity contribution < 1.29 is 19.1 Å². The Morgan fingerprint density at radius 2 is 1.94 bits per heavy atom. The van der Waals surface area contributed by atoms with Crippen LogP contribution in [0.4, 0.5) is 11.4 Å². The first kappa shape index (κ1) is 21.3. The molecule has 1 fully saturated rings. The molecule has 7 nitrogen and oxygen atoms in total. The highest BCUT2D eigenvalue weighted by Gasteiger charge is 2.34. The molecular weight excluding hydrogens is 418 g/mol. The third kappa shape index (κ3) is 4.88. The number of para-hydroxylation sites is 2. The van der Waals surface area contributed by atoms with Crippen LogP contribution < -0.4 is 19.7 Å². The molecule has 2 heterocycles. The summed E-state index contributed by atoms with van der Waals surface area (Å²) in [5.41, 5.74) is 1.38. The number of fused-ring (bicyclic) bond motifs is 1. The summed E-state index contributed by atoms with van der Waals surface area (Å²) >= 11 is 6.15. The minimum atomic E-state index is -0.628. The summed E-state index contributed by atoms with van der Waals surface area (Å²) in [4.78, 5) is 29.6. The van der Waals surface area contributed by atoms with Crippen LogP contribution in [0, 0.1) is 0 Å². The molecule has 0 radical (unpaired) electrons. The zero-order chi connectivity index (χ0) is 21.8. The van der Waals surface area contributed by atoms with Crippen LogP contribution in [-0.2, 0) is 9.59 Å². The van der Waals surface area contributed by atoms with Crippen molar-refractivity contribution in [3.63, 3.8) is 0 Å². The molecule has 2 amide bonds. The van der Waals surface area contributed by atoms with Gasteiger partial charge in [-0.05, 0) is 49.6 Å². The number of hydrogen-bond acceptors (Lipinski definition) is 5. The summed E-state index contributed by atoms with van der Waals surface area (Å²) < 4.78 is 11.2. The van der Waals surface area contributed by atoms with Gasteiger partial charge in [-0.15, -0.1) is 0 Å². The molecule has 0 aliphatic carbocycles. The fourth-order valence-corrected chi connectivity index (χ4v) is 4.28. The van der Waals surface area contributed by atoms with E-state index in [1.807, 2.05) is 34.1 Å². The molecule has 31 heavy (non-hydrogen) atoms. The molecule has 164 valence electrons. The first-order chi connectivity index (χ1) is 15.0. The van der Waals surface area contributed by atoms with Crippen LogP contribution in [0.1, 0.15) is 19.3 Å². The van der Waals surface area contributed by atoms with Crippen LogP contribution in [0.5, 0.6) is 11.5 Å². The van der Waals surface area contributed by atoms with Gasteiger partial charge >= 0.3 is 0 Å². The normalized spacial score (nSPS) is 18.1. The van der Waals surface area contributed by atoms with Crippen molar-refractivity contribution in [2.45, 2.75) is 25.4 Å². The van der Waals surface area contributed by atoms with E-state index in [1.54, 1.807) is 18.2 Å². The number of methoxy groups -OCH3 is 1. The molecule has 2 aliphatic rings. The number of likely N-dealkylation sites (tertiary alicyclic amines) is 1. The van der Waals surface area contributed by atoms with E-state index in [-0.39, 0.29) is 18.4 Å². The number of carbonyl (C=O) groups excluding carboxylic acids is 2. The average Bonchev–Trinajstić information content (AvgIpc) is 2.79. The molecule has 0 bridgehead atoms. The molecule has 0 spiro atoms. The summed E-state index contributed by atoms with van der Waals surface area (Å²) in [7, 11) is 1.54. The molecule has 0 unspecified atom stereocenters. The lowest BCUT2D eigenvalue weighted by Crippen LogP contribution is -2.52. The SMILES string of the molecule is COc1ccc(NC(=O)CN2C[C@H](C(=O)N3CCCCC3)Oc3ccccc32)cc1Cl. The van der Waals surface area contributed by atoms with Crippen molar-refractivity contribution in [2.24, 2.45) is 0 Å². The number of rotatable bonds is 5. The van der Waals surface area contributed by atoms with Gasteiger partial charge in [0.15, 0.2) is 6.10 Å². The van der Waals surface area contributed by atoms with E-state index < -0.39 is 6.10 Å². The Bertz CT molecular complexity index is 962. The number of halogens is 1. The van der Waals surface area contributed by atoms with Crippen LogP contribution in [0.25, 0.3) is 0 Å². The number of anilines is 2. The Balaban J connectivity index is 1.47. The fraction of sp³-hybridized carbons (Fsp3) is 0.391. The highest BCUT2D eigenvalue weighted by molar-refractivity contribution is 6.32. The van der Waals surface area contributed by atoms with E-state index in [4.69, 9.17) is 21.1 Å². The second-order valence-corrected chi connectivity index (χ2v) is 8.15. The van der Waals surface area contributed by atoms with E-state index in [9.17, 15) is 9.59 Å². The van der Waals surface area contributed by atoms with E-state index >= 15 is 0 Å². The van der Waals surface area contributed by atoms with Crippen LogP contribution in [0.3, 0.4) is 0 Å². The second kappa shape index (κ2) is 9.47. The maximum absolute atomic E-state index is 13.0. The predicted molar refractivity (Wildman–Crippen MR) is 120 cm³/mol. The molecule has 2 aromatic rings. The fourth-order valence-electron chi connectivity index (χ4n) is 4.02. The van der Waals surface area contributed by atoms with Crippen molar-refractivity contribution in [2.75, 3.05) is 43.5 Å². The van der Waals surface area contributed by atoms with Crippen molar-refractivity contribution in [1.29, 1.82) is 0 Å². The van der Waals surface area contributed by atoms with Gasteiger partial charge in [-0.25, -0.2) is 0 Å². The van der Waals surface area contributed by atoms with Crippen LogP contribution in [0.15, 0.2) is 42.5 Å². The van der Waals surface area contributed by atoms with E-state index in [1.165, 1.54) is 7.11 Å². The zero-order valence-corrected chi connectivity index (χ0v) is 18.2. The monoisotopic (exact) mass is 443 g/mol. The zero-order valence-electron chi connectivity index (χ0n) is 17.5. The van der Waals surface area contributed by atoms with Crippen molar-refractivity contribution in [3.8, 4) is 11.5 Å². The van der Waals surface area contributed by atoms with Gasteiger partial charge in [0.05, 0.1) is 30.9 Å². The first-order valence-corrected chi connectivity index (χ1v) is 10.9. The number of nitrogens with one attached hydrogen (secondary N) is 1. The minimum Gasteiger partial charge on any atom is -0.495 e. The summed E-state index contributed by atoms with van der Waals surface area (Å²) in [6.07, 6.45) is 2.56. The van der Waals surface area contributed by atoms with Gasteiger partial charge < -0.3 is 24.6 Å². The molecule has 0 aromatic heterocycles. The molecule has 0 saturated carbocycles. The minimum absolute atomic E-state index is 0.0125. The number of carbonyl (C=O) groups is 2. The van der Waals surface area contributed by atoms with E-state index in [2.05, 4.69) is 5.32 Å². The van der Waals surface area contributed by atoms with Crippen LogP contribution in [0.2, 0.25) is 5.02 Å². The smallest absolute Gasteiger partial charge is 0.265 e.